The van der Waals surface area contributed by atoms with Crippen molar-refractivity contribution >= 4 is 17.5 Å². The number of hydrogen-bond donors (Lipinski definition) is 0. The molecule has 0 aromatic rings. The Kier molecular flexibility index (Phi) is 10.9. The van der Waals surface area contributed by atoms with Crippen LogP contribution in [0.15, 0.2) is 0 Å². The number of carbonyl (C=O) groups excluding carboxylic acids is 3. The van der Waals surface area contributed by atoms with Crippen LogP contribution in [0.5, 0.6) is 0 Å². The molecule has 1 amide bonds. The van der Waals surface area contributed by atoms with E-state index in [9.17, 15) is 14.4 Å². The number of hydrogen-bond acceptors (Lipinski definition) is 3. The predicted molar refractivity (Wildman–Crippen MR) is 129 cm³/mol. The molecule has 0 spiro atoms. The molecule has 4 heteroatoms. The van der Waals surface area contributed by atoms with E-state index in [4.69, 9.17) is 0 Å². The first-order chi connectivity index (χ1) is 14.3. The molecule has 180 valence electrons. The maximum Gasteiger partial charge on any atom is 0.225 e. The van der Waals surface area contributed by atoms with Crippen molar-refractivity contribution in [1.29, 1.82) is 0 Å². The molecular weight excluding hydrogens is 386 g/mol. The van der Waals surface area contributed by atoms with Gasteiger partial charge in [0.2, 0.25) is 5.91 Å². The summed E-state index contributed by atoms with van der Waals surface area (Å²) in [4.78, 5) is 35.9. The summed E-state index contributed by atoms with van der Waals surface area (Å²) in [5.74, 6) is 3.94. The molecule has 0 bridgehead atoms. The van der Waals surface area contributed by atoms with E-state index in [-0.39, 0.29) is 23.2 Å². The second kappa shape index (κ2) is 12.2. The molecule has 3 rings (SSSR count). The lowest BCUT2D eigenvalue weighted by Gasteiger charge is -2.34. The molecule has 31 heavy (non-hydrogen) atoms. The Morgan fingerprint density at radius 3 is 1.45 bits per heavy atom. The van der Waals surface area contributed by atoms with Crippen molar-refractivity contribution < 1.29 is 14.4 Å². The van der Waals surface area contributed by atoms with E-state index in [2.05, 4.69) is 20.8 Å². The van der Waals surface area contributed by atoms with Crippen LogP contribution in [0.25, 0.3) is 0 Å². The third-order valence-corrected chi connectivity index (χ3v) is 6.96. The summed E-state index contributed by atoms with van der Waals surface area (Å²) < 4.78 is 0. The van der Waals surface area contributed by atoms with Crippen molar-refractivity contribution in [3.63, 3.8) is 0 Å². The highest BCUT2D eigenvalue weighted by atomic mass is 16.2. The first-order valence-electron chi connectivity index (χ1n) is 12.7. The third-order valence-electron chi connectivity index (χ3n) is 6.96. The molecule has 4 nitrogen and oxygen atoms in total. The van der Waals surface area contributed by atoms with E-state index in [0.717, 1.165) is 50.6 Å². The van der Waals surface area contributed by atoms with Crippen molar-refractivity contribution in [2.75, 3.05) is 13.1 Å². The van der Waals surface area contributed by atoms with Crippen molar-refractivity contribution in [1.82, 2.24) is 4.90 Å². The summed E-state index contributed by atoms with van der Waals surface area (Å²) in [6.45, 7) is 20.4. The molecule has 0 aromatic carbocycles. The monoisotopic (exact) mass is 435 g/mol. The Morgan fingerprint density at radius 2 is 1.23 bits per heavy atom. The van der Waals surface area contributed by atoms with Crippen LogP contribution in [0.1, 0.15) is 101 Å². The highest BCUT2D eigenvalue weighted by Crippen LogP contribution is 2.47. The molecule has 1 aliphatic heterocycles. The molecular formula is C27H49NO3. The molecule has 1 heterocycles. The average molecular weight is 436 g/mol. The van der Waals surface area contributed by atoms with Gasteiger partial charge in [0.25, 0.3) is 0 Å². The third kappa shape index (κ3) is 9.45. The highest BCUT2D eigenvalue weighted by Gasteiger charge is 2.45. The van der Waals surface area contributed by atoms with Crippen molar-refractivity contribution in [2.24, 2.45) is 40.9 Å². The van der Waals surface area contributed by atoms with Crippen LogP contribution in [0.2, 0.25) is 0 Å². The topological polar surface area (TPSA) is 54.5 Å². The van der Waals surface area contributed by atoms with Gasteiger partial charge in [0.15, 0.2) is 0 Å². The van der Waals surface area contributed by atoms with Crippen LogP contribution in [0.3, 0.4) is 0 Å². The number of amides is 1. The number of likely N-dealkylation sites (tertiary alicyclic amines) is 1. The van der Waals surface area contributed by atoms with Crippen molar-refractivity contribution in [2.45, 2.75) is 101 Å². The van der Waals surface area contributed by atoms with Gasteiger partial charge in [-0.05, 0) is 50.4 Å². The number of nitrogens with zero attached hydrogens (tertiary/aromatic N) is 1. The minimum atomic E-state index is 0.0914. The largest absolute Gasteiger partial charge is 0.342 e. The van der Waals surface area contributed by atoms with E-state index in [1.165, 1.54) is 12.8 Å². The van der Waals surface area contributed by atoms with Crippen LogP contribution in [0.4, 0.5) is 0 Å². The number of ketones is 2. The van der Waals surface area contributed by atoms with Gasteiger partial charge in [-0.2, -0.15) is 0 Å². The van der Waals surface area contributed by atoms with Crippen molar-refractivity contribution in [3.05, 3.63) is 0 Å². The van der Waals surface area contributed by atoms with Gasteiger partial charge in [0, 0.05) is 42.2 Å². The molecule has 0 radical (unpaired) electrons. The van der Waals surface area contributed by atoms with Gasteiger partial charge in [-0.1, -0.05) is 62.3 Å². The summed E-state index contributed by atoms with van der Waals surface area (Å²) in [6.07, 6.45) is 6.91. The Morgan fingerprint density at radius 1 is 0.742 bits per heavy atom. The van der Waals surface area contributed by atoms with E-state index in [1.807, 2.05) is 46.4 Å². The van der Waals surface area contributed by atoms with Gasteiger partial charge in [-0.15, -0.1) is 0 Å². The van der Waals surface area contributed by atoms with Crippen LogP contribution in [0, 0.1) is 40.9 Å². The summed E-state index contributed by atoms with van der Waals surface area (Å²) in [5.41, 5.74) is 0.0914. The zero-order chi connectivity index (χ0) is 23.9. The molecule has 0 unspecified atom stereocenters. The lowest BCUT2D eigenvalue weighted by Crippen LogP contribution is -2.41. The van der Waals surface area contributed by atoms with Crippen molar-refractivity contribution in [3.8, 4) is 0 Å². The lowest BCUT2D eigenvalue weighted by molar-refractivity contribution is -0.136. The van der Waals surface area contributed by atoms with E-state index in [0.29, 0.717) is 23.4 Å². The quantitative estimate of drug-likeness (QED) is 0.501. The smallest absolute Gasteiger partial charge is 0.225 e. The number of Topliss-reactive ketones (excluding diaryl/α,β-unsaturated/α-hetero) is 2. The Balaban J connectivity index is 0.000000245. The molecule has 0 atom stereocenters. The maximum atomic E-state index is 11.7. The van der Waals surface area contributed by atoms with E-state index < -0.39 is 0 Å². The van der Waals surface area contributed by atoms with E-state index >= 15 is 0 Å². The minimum Gasteiger partial charge on any atom is -0.342 e. The molecule has 0 N–H and O–H groups in total. The second-order valence-electron chi connectivity index (χ2n) is 11.5. The van der Waals surface area contributed by atoms with Crippen LogP contribution < -0.4 is 0 Å². The zero-order valence-corrected chi connectivity index (χ0v) is 21.8. The summed E-state index contributed by atoms with van der Waals surface area (Å²) in [7, 11) is 0. The van der Waals surface area contributed by atoms with Gasteiger partial charge in [0.1, 0.15) is 11.6 Å². The fourth-order valence-corrected chi connectivity index (χ4v) is 4.12. The first kappa shape index (κ1) is 27.8. The molecule has 0 aromatic heterocycles. The predicted octanol–water partition coefficient (Wildman–Crippen LogP) is 6.17. The average Bonchev–Trinajstić information content (AvgIpc) is 3.63. The number of rotatable bonds is 6. The molecule has 3 fully saturated rings. The molecule has 2 saturated carbocycles. The zero-order valence-electron chi connectivity index (χ0n) is 21.8. The normalized spacial score (nSPS) is 20.2. The van der Waals surface area contributed by atoms with Gasteiger partial charge in [0.05, 0.1) is 0 Å². The van der Waals surface area contributed by atoms with Gasteiger partial charge in [-0.25, -0.2) is 0 Å². The minimum absolute atomic E-state index is 0.0914. The molecule has 2 aliphatic carbocycles. The van der Waals surface area contributed by atoms with Gasteiger partial charge >= 0.3 is 0 Å². The Labute approximate surface area is 191 Å². The lowest BCUT2D eigenvalue weighted by atomic mass is 9.86. The standard InChI is InChI=1S/C12H23NO.C8H14O.C7H12O/c1-9(2)11-5-7-13(8-6-11)12(14)10(3)4;1-6(2)7(9)8(3)4-5-8;1-5(2)7(8)6-3-4-6/h9-11H,5-8H2,1-4H3;6H,4-5H2,1-3H3;5-6H,3-4H2,1-2H3. The second-order valence-corrected chi connectivity index (χ2v) is 11.5. The number of carbonyl (C=O) groups is 3. The summed E-state index contributed by atoms with van der Waals surface area (Å²) in [5, 5.41) is 0. The fourth-order valence-electron chi connectivity index (χ4n) is 4.12. The first-order valence-corrected chi connectivity index (χ1v) is 12.7. The van der Waals surface area contributed by atoms with Crippen LogP contribution >= 0.6 is 0 Å². The SMILES string of the molecule is CC(C)C(=O)C1(C)CC1.CC(C)C(=O)C1CC1.CC(C)C(=O)N1CCC(C(C)C)CC1. The Bertz CT molecular complexity index is 586. The van der Waals surface area contributed by atoms with Gasteiger partial charge in [-0.3, -0.25) is 14.4 Å². The van der Waals surface area contributed by atoms with Crippen LogP contribution in [-0.4, -0.2) is 35.5 Å². The highest BCUT2D eigenvalue weighted by molar-refractivity contribution is 5.88. The Hall–Kier alpha value is -1.19. The molecule has 3 aliphatic rings. The summed E-state index contributed by atoms with van der Waals surface area (Å²) in [6, 6.07) is 0. The fraction of sp³-hybridized carbons (Fsp3) is 0.889. The van der Waals surface area contributed by atoms with Gasteiger partial charge < -0.3 is 4.90 Å². The summed E-state index contributed by atoms with van der Waals surface area (Å²) >= 11 is 0. The maximum absolute atomic E-state index is 11.7. The van der Waals surface area contributed by atoms with Crippen LogP contribution in [-0.2, 0) is 14.4 Å². The number of piperidine rings is 1. The van der Waals surface area contributed by atoms with E-state index in [1.54, 1.807) is 0 Å². The molecule has 1 saturated heterocycles.